The number of aromatic hydroxyl groups is 1. The lowest BCUT2D eigenvalue weighted by atomic mass is 10.1. The molecule has 4 heteroatoms. The molecule has 5 aromatic carbocycles. The monoisotopic (exact) mass is 443 g/mol. The molecule has 0 aliphatic rings. The van der Waals surface area contributed by atoms with Crippen LogP contribution in [0.4, 0.5) is 17.1 Å². The van der Waals surface area contributed by atoms with Gasteiger partial charge in [-0.3, -0.25) is 0 Å². The number of phenols is 1. The van der Waals surface area contributed by atoms with Gasteiger partial charge in [0.15, 0.2) is 0 Å². The molecule has 1 aromatic heterocycles. The number of para-hydroxylation sites is 3. The lowest BCUT2D eigenvalue weighted by molar-refractivity contribution is 0.455. The highest BCUT2D eigenvalue weighted by molar-refractivity contribution is 6.13. The van der Waals surface area contributed by atoms with Crippen LogP contribution in [0.5, 0.6) is 17.2 Å². The fourth-order valence-corrected chi connectivity index (χ4v) is 4.31. The van der Waals surface area contributed by atoms with Crippen LogP contribution in [0, 0.1) is 0 Å². The Kier molecular flexibility index (Phi) is 4.89. The molecule has 34 heavy (non-hydrogen) atoms. The summed E-state index contributed by atoms with van der Waals surface area (Å²) >= 11 is 0. The Hall–Kier alpha value is -4.70. The third kappa shape index (κ3) is 3.61. The maximum atomic E-state index is 9.89. The van der Waals surface area contributed by atoms with Crippen LogP contribution in [0.25, 0.3) is 21.9 Å². The minimum absolute atomic E-state index is 0.151. The molecule has 164 valence electrons. The largest absolute Gasteiger partial charge is 0.508 e. The Balaban J connectivity index is 1.63. The summed E-state index contributed by atoms with van der Waals surface area (Å²) in [6, 6.07) is 39.2. The number of hydrogen-bond donors (Lipinski definition) is 1. The van der Waals surface area contributed by atoms with Crippen LogP contribution in [0.1, 0.15) is 0 Å². The first-order valence-electron chi connectivity index (χ1n) is 11.1. The van der Waals surface area contributed by atoms with E-state index in [1.165, 1.54) is 0 Å². The number of rotatable bonds is 5. The number of fused-ring (bicyclic) bond motifs is 3. The average molecular weight is 444 g/mol. The molecular weight excluding hydrogens is 422 g/mol. The zero-order valence-electron chi connectivity index (χ0n) is 18.3. The topological polar surface area (TPSA) is 45.8 Å². The maximum absolute atomic E-state index is 9.89. The number of ether oxygens (including phenoxy) is 1. The van der Waals surface area contributed by atoms with Crippen LogP contribution in [0.3, 0.4) is 0 Å². The molecule has 0 amide bonds. The molecule has 0 bridgehead atoms. The summed E-state index contributed by atoms with van der Waals surface area (Å²) in [6.07, 6.45) is 0. The first-order chi connectivity index (χ1) is 16.8. The first kappa shape index (κ1) is 19.9. The van der Waals surface area contributed by atoms with Gasteiger partial charge in [0.2, 0.25) is 0 Å². The van der Waals surface area contributed by atoms with Gasteiger partial charge in [0.05, 0.1) is 11.1 Å². The second-order valence-corrected chi connectivity index (χ2v) is 8.02. The minimum Gasteiger partial charge on any atom is -0.508 e. The van der Waals surface area contributed by atoms with Crippen molar-refractivity contribution in [3.8, 4) is 17.2 Å². The molecular formula is C30H21NO3. The van der Waals surface area contributed by atoms with E-state index in [2.05, 4.69) is 35.2 Å². The number of phenolic OH excluding ortho intramolecular Hbond substituents is 1. The van der Waals surface area contributed by atoms with E-state index >= 15 is 0 Å². The van der Waals surface area contributed by atoms with E-state index in [9.17, 15) is 5.11 Å². The van der Waals surface area contributed by atoms with Crippen molar-refractivity contribution in [2.45, 2.75) is 0 Å². The molecule has 0 saturated carbocycles. The second-order valence-electron chi connectivity index (χ2n) is 8.02. The van der Waals surface area contributed by atoms with Crippen molar-refractivity contribution in [1.82, 2.24) is 0 Å². The van der Waals surface area contributed by atoms with Crippen LogP contribution in [0.2, 0.25) is 0 Å². The van der Waals surface area contributed by atoms with Crippen molar-refractivity contribution < 1.29 is 14.3 Å². The highest BCUT2D eigenvalue weighted by Crippen LogP contribution is 2.45. The predicted molar refractivity (Wildman–Crippen MR) is 137 cm³/mol. The van der Waals surface area contributed by atoms with E-state index in [1.807, 2.05) is 72.8 Å². The van der Waals surface area contributed by atoms with Crippen LogP contribution in [-0.2, 0) is 0 Å². The quantitative estimate of drug-likeness (QED) is 0.290. The summed E-state index contributed by atoms with van der Waals surface area (Å²) < 4.78 is 12.4. The lowest BCUT2D eigenvalue weighted by Gasteiger charge is -2.26. The fourth-order valence-electron chi connectivity index (χ4n) is 4.31. The fraction of sp³-hybridized carbons (Fsp3) is 0. The van der Waals surface area contributed by atoms with Gasteiger partial charge >= 0.3 is 0 Å². The number of benzene rings is 5. The zero-order chi connectivity index (χ0) is 22.9. The molecule has 0 unspecified atom stereocenters. The minimum atomic E-state index is 0.151. The van der Waals surface area contributed by atoms with Gasteiger partial charge in [-0.1, -0.05) is 60.7 Å². The standard InChI is InChI=1S/C30H21NO3/c32-23-14-9-15-24(18-23)33-25-19-27(30-26-16-7-8-17-28(26)34-29(30)20-25)31(21-10-3-1-4-11-21)22-12-5-2-6-13-22/h1-20,32H. The Bertz CT molecular complexity index is 1550. The summed E-state index contributed by atoms with van der Waals surface area (Å²) in [7, 11) is 0. The van der Waals surface area contributed by atoms with Crippen LogP contribution in [0.15, 0.2) is 126 Å². The van der Waals surface area contributed by atoms with Gasteiger partial charge < -0.3 is 19.2 Å². The summed E-state index contributed by atoms with van der Waals surface area (Å²) in [5.74, 6) is 1.31. The van der Waals surface area contributed by atoms with Crippen molar-refractivity contribution in [2.75, 3.05) is 4.90 Å². The number of nitrogens with zero attached hydrogens (tertiary/aromatic N) is 1. The Morgan fingerprint density at radius 1 is 0.588 bits per heavy atom. The molecule has 4 nitrogen and oxygen atoms in total. The van der Waals surface area contributed by atoms with Gasteiger partial charge in [0.1, 0.15) is 28.4 Å². The average Bonchev–Trinajstić information content (AvgIpc) is 3.24. The van der Waals surface area contributed by atoms with Gasteiger partial charge in [0.25, 0.3) is 0 Å². The Labute approximate surface area is 196 Å². The third-order valence-corrected chi connectivity index (χ3v) is 5.75. The van der Waals surface area contributed by atoms with Crippen molar-refractivity contribution in [2.24, 2.45) is 0 Å². The summed E-state index contributed by atoms with van der Waals surface area (Å²) in [4.78, 5) is 2.21. The Morgan fingerprint density at radius 3 is 1.97 bits per heavy atom. The number of hydrogen-bond acceptors (Lipinski definition) is 4. The van der Waals surface area contributed by atoms with E-state index < -0.39 is 0 Å². The Morgan fingerprint density at radius 2 is 1.26 bits per heavy atom. The first-order valence-corrected chi connectivity index (χ1v) is 11.1. The molecule has 0 aliphatic carbocycles. The van der Waals surface area contributed by atoms with Crippen molar-refractivity contribution in [1.29, 1.82) is 0 Å². The van der Waals surface area contributed by atoms with Crippen LogP contribution >= 0.6 is 0 Å². The molecule has 0 aliphatic heterocycles. The van der Waals surface area contributed by atoms with Gasteiger partial charge in [-0.25, -0.2) is 0 Å². The summed E-state index contributed by atoms with van der Waals surface area (Å²) in [6.45, 7) is 0. The van der Waals surface area contributed by atoms with Gasteiger partial charge in [-0.15, -0.1) is 0 Å². The molecule has 0 fully saturated rings. The SMILES string of the molecule is Oc1cccc(Oc2cc(N(c3ccccc3)c3ccccc3)c3c(c2)oc2ccccc23)c1. The van der Waals surface area contributed by atoms with Crippen molar-refractivity contribution in [3.05, 3.63) is 121 Å². The maximum Gasteiger partial charge on any atom is 0.141 e. The molecule has 6 aromatic rings. The molecule has 0 spiro atoms. The van der Waals surface area contributed by atoms with Gasteiger partial charge in [-0.05, 0) is 42.5 Å². The summed E-state index contributed by atoms with van der Waals surface area (Å²) in [5, 5.41) is 11.9. The van der Waals surface area contributed by atoms with E-state index in [0.717, 1.165) is 39.0 Å². The smallest absolute Gasteiger partial charge is 0.141 e. The molecule has 0 radical (unpaired) electrons. The lowest BCUT2D eigenvalue weighted by Crippen LogP contribution is -2.10. The van der Waals surface area contributed by atoms with Crippen molar-refractivity contribution in [3.63, 3.8) is 0 Å². The third-order valence-electron chi connectivity index (χ3n) is 5.75. The number of furan rings is 1. The predicted octanol–water partition coefficient (Wildman–Crippen LogP) is 8.55. The molecule has 0 saturated heterocycles. The molecule has 1 N–H and O–H groups in total. The van der Waals surface area contributed by atoms with Gasteiger partial charge in [0, 0.05) is 35.0 Å². The van der Waals surface area contributed by atoms with Gasteiger partial charge in [-0.2, -0.15) is 0 Å². The zero-order valence-corrected chi connectivity index (χ0v) is 18.3. The van der Waals surface area contributed by atoms with E-state index in [0.29, 0.717) is 11.5 Å². The highest BCUT2D eigenvalue weighted by atomic mass is 16.5. The second kappa shape index (κ2) is 8.34. The molecule has 0 atom stereocenters. The van der Waals surface area contributed by atoms with E-state index in [1.54, 1.807) is 18.2 Å². The van der Waals surface area contributed by atoms with Crippen LogP contribution < -0.4 is 9.64 Å². The highest BCUT2D eigenvalue weighted by Gasteiger charge is 2.21. The number of anilines is 3. The van der Waals surface area contributed by atoms with Crippen molar-refractivity contribution >= 4 is 39.0 Å². The van der Waals surface area contributed by atoms with E-state index in [4.69, 9.17) is 9.15 Å². The van der Waals surface area contributed by atoms with Crippen LogP contribution in [-0.4, -0.2) is 5.11 Å². The molecule has 6 rings (SSSR count). The normalized spacial score (nSPS) is 11.1. The summed E-state index contributed by atoms with van der Waals surface area (Å²) in [5.41, 5.74) is 4.53. The van der Waals surface area contributed by atoms with E-state index in [-0.39, 0.29) is 5.75 Å². The molecule has 1 heterocycles.